The SMILES string of the molecule is CN=C(NCCNC(=O)c1ccco1)NCC1(c2ccc(OC)c(OC)c2)CCCCC1. The van der Waals surface area contributed by atoms with Gasteiger partial charge in [-0.05, 0) is 42.7 Å². The van der Waals surface area contributed by atoms with Crippen molar-refractivity contribution in [1.29, 1.82) is 0 Å². The number of furan rings is 1. The topological polar surface area (TPSA) is 97.1 Å². The number of carbonyl (C=O) groups is 1. The molecular weight excluding hydrogens is 408 g/mol. The lowest BCUT2D eigenvalue weighted by molar-refractivity contribution is 0.0926. The summed E-state index contributed by atoms with van der Waals surface area (Å²) in [4.78, 5) is 16.3. The summed E-state index contributed by atoms with van der Waals surface area (Å²) >= 11 is 0. The number of methoxy groups -OCH3 is 2. The molecule has 0 spiro atoms. The van der Waals surface area contributed by atoms with Crippen LogP contribution < -0.4 is 25.4 Å². The van der Waals surface area contributed by atoms with Crippen LogP contribution in [0, 0.1) is 0 Å². The van der Waals surface area contributed by atoms with Crippen LogP contribution in [0.1, 0.15) is 48.2 Å². The van der Waals surface area contributed by atoms with Gasteiger partial charge in [0.2, 0.25) is 0 Å². The molecule has 174 valence electrons. The molecule has 0 radical (unpaired) electrons. The summed E-state index contributed by atoms with van der Waals surface area (Å²) in [5.74, 6) is 2.28. The molecule has 2 aromatic rings. The average molecular weight is 443 g/mol. The Bertz CT molecular complexity index is 889. The number of aliphatic imine (C=N–C) groups is 1. The fraction of sp³-hybridized carbons (Fsp3) is 0.500. The van der Waals surface area contributed by atoms with E-state index in [9.17, 15) is 4.79 Å². The van der Waals surface area contributed by atoms with E-state index < -0.39 is 0 Å². The van der Waals surface area contributed by atoms with E-state index in [0.717, 1.165) is 30.9 Å². The second-order valence-electron chi connectivity index (χ2n) is 8.00. The van der Waals surface area contributed by atoms with E-state index in [1.54, 1.807) is 33.4 Å². The van der Waals surface area contributed by atoms with Crippen molar-refractivity contribution in [3.05, 3.63) is 47.9 Å². The number of nitrogens with zero attached hydrogens (tertiary/aromatic N) is 1. The van der Waals surface area contributed by atoms with Crippen LogP contribution in [0.5, 0.6) is 11.5 Å². The fourth-order valence-electron chi connectivity index (χ4n) is 4.29. The quantitative estimate of drug-likeness (QED) is 0.314. The van der Waals surface area contributed by atoms with Crippen LogP contribution in [0.3, 0.4) is 0 Å². The smallest absolute Gasteiger partial charge is 0.287 e. The maximum absolute atomic E-state index is 12.0. The molecule has 1 saturated carbocycles. The molecule has 1 aromatic heterocycles. The first-order valence-corrected chi connectivity index (χ1v) is 11.1. The van der Waals surface area contributed by atoms with Crippen molar-refractivity contribution in [2.24, 2.45) is 4.99 Å². The number of amides is 1. The molecule has 1 fully saturated rings. The van der Waals surface area contributed by atoms with Crippen LogP contribution in [0.15, 0.2) is 46.0 Å². The van der Waals surface area contributed by atoms with Gasteiger partial charge < -0.3 is 29.8 Å². The van der Waals surface area contributed by atoms with Crippen LogP contribution in [-0.4, -0.2) is 52.8 Å². The highest BCUT2D eigenvalue weighted by Crippen LogP contribution is 2.42. The highest BCUT2D eigenvalue weighted by Gasteiger charge is 2.34. The molecule has 0 aliphatic heterocycles. The van der Waals surface area contributed by atoms with Gasteiger partial charge in [0.25, 0.3) is 5.91 Å². The lowest BCUT2D eigenvalue weighted by Crippen LogP contribution is -2.47. The molecule has 32 heavy (non-hydrogen) atoms. The number of rotatable bonds is 9. The number of nitrogens with one attached hydrogen (secondary N) is 3. The van der Waals surface area contributed by atoms with Crippen molar-refractivity contribution in [3.8, 4) is 11.5 Å². The highest BCUT2D eigenvalue weighted by molar-refractivity contribution is 5.91. The molecule has 0 saturated heterocycles. The van der Waals surface area contributed by atoms with Crippen molar-refractivity contribution < 1.29 is 18.7 Å². The normalized spacial score (nSPS) is 15.7. The Hall–Kier alpha value is -3.16. The number of benzene rings is 1. The van der Waals surface area contributed by atoms with Crippen LogP contribution in [-0.2, 0) is 5.41 Å². The lowest BCUT2D eigenvalue weighted by Gasteiger charge is -2.38. The Labute approximate surface area is 189 Å². The number of ether oxygens (including phenoxy) is 2. The molecular formula is C24H34N4O4. The van der Waals surface area contributed by atoms with Gasteiger partial charge >= 0.3 is 0 Å². The summed E-state index contributed by atoms with van der Waals surface area (Å²) in [6.07, 6.45) is 7.34. The van der Waals surface area contributed by atoms with Crippen LogP contribution in [0.25, 0.3) is 0 Å². The summed E-state index contributed by atoms with van der Waals surface area (Å²) in [5, 5.41) is 9.59. The van der Waals surface area contributed by atoms with E-state index in [0.29, 0.717) is 24.8 Å². The highest BCUT2D eigenvalue weighted by atomic mass is 16.5. The maximum atomic E-state index is 12.0. The number of hydrogen-bond acceptors (Lipinski definition) is 5. The number of hydrogen-bond donors (Lipinski definition) is 3. The first kappa shape index (κ1) is 23.5. The van der Waals surface area contributed by atoms with E-state index in [2.05, 4.69) is 33.1 Å². The second kappa shape index (κ2) is 11.5. The fourth-order valence-corrected chi connectivity index (χ4v) is 4.29. The summed E-state index contributed by atoms with van der Waals surface area (Å²) in [7, 11) is 5.08. The van der Waals surface area contributed by atoms with Gasteiger partial charge in [-0.2, -0.15) is 0 Å². The van der Waals surface area contributed by atoms with E-state index in [1.165, 1.54) is 31.1 Å². The molecule has 1 aliphatic carbocycles. The summed E-state index contributed by atoms with van der Waals surface area (Å²) in [6.45, 7) is 1.78. The molecule has 1 heterocycles. The first-order valence-electron chi connectivity index (χ1n) is 11.1. The van der Waals surface area contributed by atoms with Gasteiger partial charge in [0.1, 0.15) is 0 Å². The van der Waals surface area contributed by atoms with Crippen molar-refractivity contribution in [3.63, 3.8) is 0 Å². The van der Waals surface area contributed by atoms with Gasteiger partial charge in [0, 0.05) is 32.1 Å². The van der Waals surface area contributed by atoms with Crippen LogP contribution in [0.4, 0.5) is 0 Å². The monoisotopic (exact) mass is 442 g/mol. The van der Waals surface area contributed by atoms with Crippen molar-refractivity contribution in [2.45, 2.75) is 37.5 Å². The molecule has 8 nitrogen and oxygen atoms in total. The zero-order valence-electron chi connectivity index (χ0n) is 19.2. The molecule has 3 rings (SSSR count). The Morgan fingerprint density at radius 3 is 2.44 bits per heavy atom. The molecule has 8 heteroatoms. The molecule has 0 atom stereocenters. The summed E-state index contributed by atoms with van der Waals surface area (Å²) in [6, 6.07) is 9.57. The van der Waals surface area contributed by atoms with Crippen molar-refractivity contribution in [2.75, 3.05) is 40.9 Å². The largest absolute Gasteiger partial charge is 0.493 e. The van der Waals surface area contributed by atoms with Gasteiger partial charge in [-0.1, -0.05) is 25.3 Å². The Kier molecular flexibility index (Phi) is 8.41. The van der Waals surface area contributed by atoms with Gasteiger partial charge in [0.15, 0.2) is 23.2 Å². The minimum atomic E-state index is -0.227. The van der Waals surface area contributed by atoms with Gasteiger partial charge in [-0.15, -0.1) is 0 Å². The Morgan fingerprint density at radius 1 is 1.03 bits per heavy atom. The van der Waals surface area contributed by atoms with Gasteiger partial charge in [-0.25, -0.2) is 0 Å². The molecule has 0 bridgehead atoms. The molecule has 1 aliphatic rings. The third kappa shape index (κ3) is 5.75. The average Bonchev–Trinajstić information content (AvgIpc) is 3.39. The molecule has 1 amide bonds. The van der Waals surface area contributed by atoms with Gasteiger partial charge in [-0.3, -0.25) is 9.79 Å². The minimum absolute atomic E-state index is 0.00290. The minimum Gasteiger partial charge on any atom is -0.493 e. The number of guanidine groups is 1. The second-order valence-corrected chi connectivity index (χ2v) is 8.00. The van der Waals surface area contributed by atoms with E-state index in [4.69, 9.17) is 13.9 Å². The van der Waals surface area contributed by atoms with Gasteiger partial charge in [0.05, 0.1) is 20.5 Å². The maximum Gasteiger partial charge on any atom is 0.287 e. The zero-order valence-corrected chi connectivity index (χ0v) is 19.2. The Morgan fingerprint density at radius 2 is 1.78 bits per heavy atom. The zero-order chi connectivity index (χ0) is 22.8. The van der Waals surface area contributed by atoms with Crippen molar-refractivity contribution in [1.82, 2.24) is 16.0 Å². The predicted molar refractivity (Wildman–Crippen MR) is 125 cm³/mol. The molecule has 0 unspecified atom stereocenters. The standard InChI is InChI=1S/C24H34N4O4/c1-25-23(27-14-13-26-22(29)20-8-7-15-32-20)28-17-24(11-5-4-6-12-24)18-9-10-19(30-2)21(16-18)31-3/h7-10,15-16H,4-6,11-14,17H2,1-3H3,(H,26,29)(H2,25,27,28). The summed E-state index contributed by atoms with van der Waals surface area (Å²) in [5.41, 5.74) is 1.26. The van der Waals surface area contributed by atoms with Crippen LogP contribution in [0.2, 0.25) is 0 Å². The third-order valence-electron chi connectivity index (χ3n) is 6.07. The molecule has 1 aromatic carbocycles. The first-order chi connectivity index (χ1) is 15.6. The van der Waals surface area contributed by atoms with E-state index in [1.807, 2.05) is 6.07 Å². The lowest BCUT2D eigenvalue weighted by atomic mass is 9.69. The molecule has 3 N–H and O–H groups in total. The van der Waals surface area contributed by atoms with E-state index >= 15 is 0 Å². The van der Waals surface area contributed by atoms with E-state index in [-0.39, 0.29) is 11.3 Å². The predicted octanol–water partition coefficient (Wildman–Crippen LogP) is 3.09. The van der Waals surface area contributed by atoms with Crippen LogP contribution >= 0.6 is 0 Å². The third-order valence-corrected chi connectivity index (χ3v) is 6.07. The van der Waals surface area contributed by atoms with Crippen molar-refractivity contribution >= 4 is 11.9 Å². The Balaban J connectivity index is 1.58. The number of carbonyl (C=O) groups excluding carboxylic acids is 1. The summed E-state index contributed by atoms with van der Waals surface area (Å²) < 4.78 is 16.1.